The van der Waals surface area contributed by atoms with E-state index in [1.807, 2.05) is 30.3 Å². The van der Waals surface area contributed by atoms with Gasteiger partial charge >= 0.3 is 0 Å². The summed E-state index contributed by atoms with van der Waals surface area (Å²) in [5, 5.41) is 4.08. The fourth-order valence-electron chi connectivity index (χ4n) is 1.32. The van der Waals surface area contributed by atoms with Crippen molar-refractivity contribution in [2.75, 3.05) is 25.0 Å². The summed E-state index contributed by atoms with van der Waals surface area (Å²) in [4.78, 5) is 6.45. The van der Waals surface area contributed by atoms with Crippen LogP contribution in [0.25, 0.3) is 5.65 Å². The molecule has 0 aliphatic heterocycles. The number of anilines is 1. The predicted molar refractivity (Wildman–Crippen MR) is 55.3 cm³/mol. The van der Waals surface area contributed by atoms with E-state index in [1.165, 1.54) is 0 Å². The van der Waals surface area contributed by atoms with Crippen molar-refractivity contribution in [1.29, 1.82) is 0 Å². The van der Waals surface area contributed by atoms with Gasteiger partial charge in [0.1, 0.15) is 5.82 Å². The minimum absolute atomic E-state index is 0.628. The number of nitrogens with zero attached hydrogens (tertiary/aromatic N) is 4. The van der Waals surface area contributed by atoms with E-state index in [4.69, 9.17) is 5.73 Å². The zero-order chi connectivity index (χ0) is 9.97. The van der Waals surface area contributed by atoms with Crippen molar-refractivity contribution in [3.05, 3.63) is 24.5 Å². The topological polar surface area (TPSA) is 59.5 Å². The van der Waals surface area contributed by atoms with Crippen molar-refractivity contribution >= 4 is 11.5 Å². The van der Waals surface area contributed by atoms with E-state index in [0.29, 0.717) is 6.54 Å². The Bertz CT molecular complexity index is 422. The second-order valence-electron chi connectivity index (χ2n) is 3.13. The highest BCUT2D eigenvalue weighted by Crippen LogP contribution is 2.09. The Hall–Kier alpha value is -1.62. The van der Waals surface area contributed by atoms with Gasteiger partial charge in [-0.3, -0.25) is 0 Å². The smallest absolute Gasteiger partial charge is 0.157 e. The molecule has 2 heterocycles. The number of rotatable bonds is 3. The van der Waals surface area contributed by atoms with E-state index < -0.39 is 0 Å². The zero-order valence-corrected chi connectivity index (χ0v) is 8.09. The highest BCUT2D eigenvalue weighted by molar-refractivity contribution is 5.46. The molecule has 2 N–H and O–H groups in total. The molecule has 5 heteroatoms. The lowest BCUT2D eigenvalue weighted by molar-refractivity contribution is 0.857. The van der Waals surface area contributed by atoms with Crippen molar-refractivity contribution in [2.24, 2.45) is 5.73 Å². The number of hydrogen-bond donors (Lipinski definition) is 1. The van der Waals surface area contributed by atoms with Gasteiger partial charge < -0.3 is 10.6 Å². The van der Waals surface area contributed by atoms with E-state index in [2.05, 4.69) is 10.1 Å². The van der Waals surface area contributed by atoms with Crippen molar-refractivity contribution in [1.82, 2.24) is 14.6 Å². The number of fused-ring (bicyclic) bond motifs is 1. The van der Waals surface area contributed by atoms with E-state index in [0.717, 1.165) is 18.0 Å². The van der Waals surface area contributed by atoms with Crippen molar-refractivity contribution in [2.45, 2.75) is 0 Å². The standard InChI is InChI=1S/C9H13N5/c1-13(7-4-10)8-3-6-14-9(12-8)2-5-11-14/h2-3,5-6H,4,7,10H2,1H3. The van der Waals surface area contributed by atoms with Crippen LogP contribution < -0.4 is 10.6 Å². The van der Waals surface area contributed by atoms with Gasteiger partial charge in [-0.25, -0.2) is 9.50 Å². The Balaban J connectivity index is 2.33. The molecule has 74 valence electrons. The summed E-state index contributed by atoms with van der Waals surface area (Å²) in [6, 6.07) is 3.80. The molecule has 2 rings (SSSR count). The summed E-state index contributed by atoms with van der Waals surface area (Å²) in [5.74, 6) is 0.920. The summed E-state index contributed by atoms with van der Waals surface area (Å²) >= 11 is 0. The average Bonchev–Trinajstić information content (AvgIpc) is 2.64. The van der Waals surface area contributed by atoms with Gasteiger partial charge in [0.05, 0.1) is 6.20 Å². The van der Waals surface area contributed by atoms with Crippen LogP contribution in [0.5, 0.6) is 0 Å². The first-order valence-corrected chi connectivity index (χ1v) is 4.53. The molecule has 0 amide bonds. The van der Waals surface area contributed by atoms with E-state index in [1.54, 1.807) is 10.7 Å². The molecule has 0 aromatic carbocycles. The molecule has 14 heavy (non-hydrogen) atoms. The normalized spacial score (nSPS) is 10.7. The molecule has 5 nitrogen and oxygen atoms in total. The van der Waals surface area contributed by atoms with Gasteiger partial charge in [0.15, 0.2) is 5.65 Å². The monoisotopic (exact) mass is 191 g/mol. The third kappa shape index (κ3) is 1.54. The average molecular weight is 191 g/mol. The minimum atomic E-state index is 0.628. The zero-order valence-electron chi connectivity index (χ0n) is 8.09. The maximum Gasteiger partial charge on any atom is 0.157 e. The summed E-state index contributed by atoms with van der Waals surface area (Å²) in [6.07, 6.45) is 3.62. The van der Waals surface area contributed by atoms with Gasteiger partial charge in [-0.2, -0.15) is 5.10 Å². The lowest BCUT2D eigenvalue weighted by Crippen LogP contribution is -2.25. The van der Waals surface area contributed by atoms with Crippen molar-refractivity contribution in [3.63, 3.8) is 0 Å². The van der Waals surface area contributed by atoms with Crippen LogP contribution in [-0.2, 0) is 0 Å². The molecule has 0 saturated heterocycles. The first-order valence-electron chi connectivity index (χ1n) is 4.53. The van der Waals surface area contributed by atoms with E-state index in [9.17, 15) is 0 Å². The molecule has 0 fully saturated rings. The van der Waals surface area contributed by atoms with Crippen molar-refractivity contribution in [3.8, 4) is 0 Å². The van der Waals surface area contributed by atoms with Crippen LogP contribution in [0.2, 0.25) is 0 Å². The summed E-state index contributed by atoms with van der Waals surface area (Å²) in [5.41, 5.74) is 6.33. The number of hydrogen-bond acceptors (Lipinski definition) is 4. The molecule has 0 aliphatic rings. The molecular formula is C9H13N5. The van der Waals surface area contributed by atoms with E-state index >= 15 is 0 Å². The maximum atomic E-state index is 5.47. The molecule has 0 aliphatic carbocycles. The highest BCUT2D eigenvalue weighted by Gasteiger charge is 2.02. The van der Waals surface area contributed by atoms with Gasteiger partial charge in [-0.15, -0.1) is 0 Å². The molecule has 0 radical (unpaired) electrons. The maximum absolute atomic E-state index is 5.47. The summed E-state index contributed by atoms with van der Waals surface area (Å²) in [6.45, 7) is 1.43. The van der Waals surface area contributed by atoms with Crippen LogP contribution in [0.15, 0.2) is 24.5 Å². The second-order valence-corrected chi connectivity index (χ2v) is 3.13. The SMILES string of the molecule is CN(CCN)c1ccn2nccc2n1. The van der Waals surface area contributed by atoms with Crippen LogP contribution in [-0.4, -0.2) is 34.7 Å². The van der Waals surface area contributed by atoms with Crippen LogP contribution in [0.4, 0.5) is 5.82 Å². The number of aromatic nitrogens is 3. The summed E-state index contributed by atoms with van der Waals surface area (Å²) < 4.78 is 1.74. The fourth-order valence-corrected chi connectivity index (χ4v) is 1.32. The third-order valence-electron chi connectivity index (χ3n) is 2.10. The molecule has 0 atom stereocenters. The minimum Gasteiger partial charge on any atom is -0.358 e. The molecule has 0 bridgehead atoms. The Morgan fingerprint density at radius 3 is 3.14 bits per heavy atom. The van der Waals surface area contributed by atoms with Gasteiger partial charge in [-0.1, -0.05) is 0 Å². The Kier molecular flexibility index (Phi) is 2.32. The second kappa shape index (κ2) is 3.63. The molecule has 2 aromatic rings. The highest BCUT2D eigenvalue weighted by atomic mass is 15.3. The molecule has 0 saturated carbocycles. The third-order valence-corrected chi connectivity index (χ3v) is 2.10. The van der Waals surface area contributed by atoms with Gasteiger partial charge in [0, 0.05) is 32.4 Å². The van der Waals surface area contributed by atoms with Crippen LogP contribution in [0.3, 0.4) is 0 Å². The Labute approximate surface area is 82.2 Å². The fraction of sp³-hybridized carbons (Fsp3) is 0.333. The molecule has 0 spiro atoms. The van der Waals surface area contributed by atoms with Crippen LogP contribution in [0, 0.1) is 0 Å². The van der Waals surface area contributed by atoms with E-state index in [-0.39, 0.29) is 0 Å². The molecule has 2 aromatic heterocycles. The first-order chi connectivity index (χ1) is 6.81. The van der Waals surface area contributed by atoms with Crippen LogP contribution in [0.1, 0.15) is 0 Å². The lowest BCUT2D eigenvalue weighted by atomic mass is 10.5. The predicted octanol–water partition coefficient (Wildman–Crippen LogP) is 0.124. The largest absolute Gasteiger partial charge is 0.358 e. The number of likely N-dealkylation sites (N-methyl/N-ethyl adjacent to an activating group) is 1. The Morgan fingerprint density at radius 1 is 1.50 bits per heavy atom. The van der Waals surface area contributed by atoms with Gasteiger partial charge in [0.2, 0.25) is 0 Å². The Morgan fingerprint density at radius 2 is 2.36 bits per heavy atom. The van der Waals surface area contributed by atoms with Crippen LogP contribution >= 0.6 is 0 Å². The molecule has 0 unspecified atom stereocenters. The quantitative estimate of drug-likeness (QED) is 0.748. The lowest BCUT2D eigenvalue weighted by Gasteiger charge is -2.16. The summed E-state index contributed by atoms with van der Waals surface area (Å²) in [7, 11) is 1.97. The number of nitrogens with two attached hydrogens (primary N) is 1. The van der Waals surface area contributed by atoms with Crippen molar-refractivity contribution < 1.29 is 0 Å². The molecular weight excluding hydrogens is 178 g/mol. The van der Waals surface area contributed by atoms with Gasteiger partial charge in [0.25, 0.3) is 0 Å². The van der Waals surface area contributed by atoms with Gasteiger partial charge in [-0.05, 0) is 6.07 Å². The first kappa shape index (κ1) is 8.96.